The fourth-order valence-corrected chi connectivity index (χ4v) is 6.28. The van der Waals surface area contributed by atoms with Crippen molar-refractivity contribution in [3.8, 4) is 0 Å². The van der Waals surface area contributed by atoms with Crippen molar-refractivity contribution in [2.75, 3.05) is 6.61 Å². The van der Waals surface area contributed by atoms with Crippen LogP contribution in [0, 0.1) is 0 Å². The monoisotopic (exact) mass is 321 g/mol. The van der Waals surface area contributed by atoms with Gasteiger partial charge in [0.25, 0.3) is 0 Å². The minimum atomic E-state index is -3.33. The van der Waals surface area contributed by atoms with E-state index in [1.807, 2.05) is 6.92 Å². The van der Waals surface area contributed by atoms with Gasteiger partial charge < -0.3 is 4.74 Å². The van der Waals surface area contributed by atoms with Gasteiger partial charge in [0.05, 0.1) is 6.10 Å². The molecule has 0 saturated carbocycles. The Balaban J connectivity index is 1.62. The number of ether oxygens (including phenoxy) is 1. The molecule has 4 rings (SSSR count). The lowest BCUT2D eigenvalue weighted by Gasteiger charge is -2.20. The zero-order valence-electron chi connectivity index (χ0n) is 12.9. The van der Waals surface area contributed by atoms with Gasteiger partial charge in [-0.1, -0.05) is 18.2 Å². The molecule has 2 aliphatic carbocycles. The van der Waals surface area contributed by atoms with Gasteiger partial charge >= 0.3 is 0 Å². The molecule has 1 heterocycles. The van der Waals surface area contributed by atoms with Gasteiger partial charge in [0.15, 0.2) is 0 Å². The van der Waals surface area contributed by atoms with E-state index in [4.69, 9.17) is 4.74 Å². The van der Waals surface area contributed by atoms with E-state index in [1.165, 1.54) is 29.5 Å². The summed E-state index contributed by atoms with van der Waals surface area (Å²) in [6.45, 7) is 2.40. The highest BCUT2D eigenvalue weighted by molar-refractivity contribution is 7.90. The molecule has 0 bridgehead atoms. The summed E-state index contributed by atoms with van der Waals surface area (Å²) in [6, 6.07) is 6.32. The van der Waals surface area contributed by atoms with E-state index >= 15 is 0 Å². The molecule has 4 atom stereocenters. The zero-order chi connectivity index (χ0) is 15.3. The van der Waals surface area contributed by atoms with E-state index in [-0.39, 0.29) is 12.1 Å². The van der Waals surface area contributed by atoms with Gasteiger partial charge in [0, 0.05) is 12.6 Å². The molecule has 5 heteroatoms. The van der Waals surface area contributed by atoms with Crippen molar-refractivity contribution in [1.29, 1.82) is 0 Å². The smallest absolute Gasteiger partial charge is 0.217 e. The number of benzene rings is 1. The standard InChI is InChI=1S/C17H23NO3S/c1-11-16(8-9-21-11)22(19,20)18-15-10-13-6-2-4-12-5-3-7-14(15)17(12)13/h3,5,7,11,13,15-16,18H,2,4,6,8-10H2,1H3/t11-,13+,15-,16-/m0/s1. The molecule has 1 aromatic carbocycles. The maximum atomic E-state index is 12.7. The van der Waals surface area contributed by atoms with E-state index in [9.17, 15) is 8.42 Å². The molecular formula is C17H23NO3S. The Hall–Kier alpha value is -0.910. The molecular weight excluding hydrogens is 298 g/mol. The summed E-state index contributed by atoms with van der Waals surface area (Å²) in [5, 5.41) is -0.414. The van der Waals surface area contributed by atoms with Gasteiger partial charge in [0.1, 0.15) is 5.25 Å². The Kier molecular flexibility index (Phi) is 3.55. The molecule has 1 N–H and O–H groups in total. The Bertz CT molecular complexity index is 685. The Morgan fingerprint density at radius 1 is 1.27 bits per heavy atom. The van der Waals surface area contributed by atoms with Crippen LogP contribution in [0.15, 0.2) is 18.2 Å². The maximum absolute atomic E-state index is 12.7. The van der Waals surface area contributed by atoms with Gasteiger partial charge in [-0.15, -0.1) is 0 Å². The SMILES string of the molecule is C[C@@H]1OCC[C@@H]1S(=O)(=O)N[C@H]1C[C@H]2CCCc3cccc1c32. The average Bonchev–Trinajstić information content (AvgIpc) is 3.06. The summed E-state index contributed by atoms with van der Waals surface area (Å²) in [7, 11) is -3.33. The van der Waals surface area contributed by atoms with E-state index in [2.05, 4.69) is 22.9 Å². The van der Waals surface area contributed by atoms with Crippen molar-refractivity contribution in [2.45, 2.75) is 62.3 Å². The van der Waals surface area contributed by atoms with Crippen molar-refractivity contribution in [3.05, 3.63) is 34.9 Å². The molecule has 1 aliphatic heterocycles. The Morgan fingerprint density at radius 3 is 2.91 bits per heavy atom. The predicted octanol–water partition coefficient (Wildman–Crippen LogP) is 2.65. The van der Waals surface area contributed by atoms with Crippen LogP contribution in [0.2, 0.25) is 0 Å². The number of aryl methyl sites for hydroxylation is 1. The minimum absolute atomic E-state index is 0.0594. The van der Waals surface area contributed by atoms with E-state index in [0.29, 0.717) is 18.9 Å². The lowest BCUT2D eigenvalue weighted by atomic mass is 9.84. The lowest BCUT2D eigenvalue weighted by Crippen LogP contribution is -2.39. The third-order valence-corrected chi connectivity index (χ3v) is 7.57. The first-order valence-electron chi connectivity index (χ1n) is 8.30. The molecule has 0 unspecified atom stereocenters. The molecule has 0 spiro atoms. The number of hydrogen-bond acceptors (Lipinski definition) is 3. The van der Waals surface area contributed by atoms with Gasteiger partial charge in [0.2, 0.25) is 10.0 Å². The first-order chi connectivity index (χ1) is 10.6. The highest BCUT2D eigenvalue weighted by Crippen LogP contribution is 2.47. The third-order valence-electron chi connectivity index (χ3n) is 5.54. The van der Waals surface area contributed by atoms with Gasteiger partial charge in [-0.05, 0) is 61.6 Å². The molecule has 0 aromatic heterocycles. The van der Waals surface area contributed by atoms with Crippen LogP contribution in [0.3, 0.4) is 0 Å². The highest BCUT2D eigenvalue weighted by Gasteiger charge is 2.41. The number of rotatable bonds is 3. The first-order valence-corrected chi connectivity index (χ1v) is 9.85. The largest absolute Gasteiger partial charge is 0.377 e. The summed E-state index contributed by atoms with van der Waals surface area (Å²) in [5.41, 5.74) is 4.06. The van der Waals surface area contributed by atoms with Crippen molar-refractivity contribution in [1.82, 2.24) is 4.72 Å². The second kappa shape index (κ2) is 5.32. The highest BCUT2D eigenvalue weighted by atomic mass is 32.2. The van der Waals surface area contributed by atoms with Gasteiger partial charge in [-0.25, -0.2) is 13.1 Å². The van der Waals surface area contributed by atoms with E-state index < -0.39 is 15.3 Å². The van der Waals surface area contributed by atoms with Crippen LogP contribution in [0.5, 0.6) is 0 Å². The second-order valence-corrected chi connectivity index (χ2v) is 8.79. The van der Waals surface area contributed by atoms with Gasteiger partial charge in [-0.3, -0.25) is 0 Å². The fraction of sp³-hybridized carbons (Fsp3) is 0.647. The molecule has 0 amide bonds. The van der Waals surface area contributed by atoms with Crippen LogP contribution in [-0.2, 0) is 21.2 Å². The number of hydrogen-bond donors (Lipinski definition) is 1. The van der Waals surface area contributed by atoms with Crippen LogP contribution >= 0.6 is 0 Å². The summed E-state index contributed by atoms with van der Waals surface area (Å²) in [5.74, 6) is 0.532. The van der Waals surface area contributed by atoms with Crippen LogP contribution in [0.25, 0.3) is 0 Å². The van der Waals surface area contributed by atoms with Crippen molar-refractivity contribution < 1.29 is 13.2 Å². The van der Waals surface area contributed by atoms with Crippen LogP contribution in [-0.4, -0.2) is 26.4 Å². The molecule has 1 aromatic rings. The Labute approximate surface area is 132 Å². The summed E-state index contributed by atoms with van der Waals surface area (Å²) in [6.07, 6.45) is 4.83. The van der Waals surface area contributed by atoms with Crippen molar-refractivity contribution in [2.24, 2.45) is 0 Å². The first kappa shape index (κ1) is 14.7. The molecule has 3 aliphatic rings. The normalized spacial score (nSPS) is 33.9. The van der Waals surface area contributed by atoms with E-state index in [0.717, 1.165) is 12.8 Å². The fourth-order valence-electron chi connectivity index (χ4n) is 4.50. The molecule has 4 nitrogen and oxygen atoms in total. The molecule has 22 heavy (non-hydrogen) atoms. The quantitative estimate of drug-likeness (QED) is 0.931. The molecule has 1 saturated heterocycles. The Morgan fingerprint density at radius 2 is 2.14 bits per heavy atom. The van der Waals surface area contributed by atoms with E-state index in [1.54, 1.807) is 0 Å². The van der Waals surface area contributed by atoms with Crippen LogP contribution < -0.4 is 4.72 Å². The number of sulfonamides is 1. The third kappa shape index (κ3) is 2.30. The molecule has 1 fully saturated rings. The van der Waals surface area contributed by atoms with Crippen LogP contribution in [0.4, 0.5) is 0 Å². The second-order valence-electron chi connectivity index (χ2n) is 6.86. The van der Waals surface area contributed by atoms with Crippen molar-refractivity contribution >= 4 is 10.0 Å². The summed E-state index contributed by atoms with van der Waals surface area (Å²) >= 11 is 0. The molecule has 120 valence electrons. The maximum Gasteiger partial charge on any atom is 0.217 e. The van der Waals surface area contributed by atoms with Crippen molar-refractivity contribution in [3.63, 3.8) is 0 Å². The minimum Gasteiger partial charge on any atom is -0.377 e. The topological polar surface area (TPSA) is 55.4 Å². The summed E-state index contributed by atoms with van der Waals surface area (Å²) < 4.78 is 33.9. The summed E-state index contributed by atoms with van der Waals surface area (Å²) in [4.78, 5) is 0. The molecule has 0 radical (unpaired) electrons. The van der Waals surface area contributed by atoms with Gasteiger partial charge in [-0.2, -0.15) is 0 Å². The predicted molar refractivity (Wildman–Crippen MR) is 85.4 cm³/mol. The average molecular weight is 321 g/mol. The zero-order valence-corrected chi connectivity index (χ0v) is 13.7. The number of nitrogens with one attached hydrogen (secondary N) is 1. The lowest BCUT2D eigenvalue weighted by molar-refractivity contribution is 0.126. The van der Waals surface area contributed by atoms with Crippen LogP contribution in [0.1, 0.15) is 61.3 Å².